The summed E-state index contributed by atoms with van der Waals surface area (Å²) >= 11 is 0. The summed E-state index contributed by atoms with van der Waals surface area (Å²) in [5, 5.41) is 3.32. The number of methoxy groups -OCH3 is 1. The molecule has 2 aliphatic heterocycles. The quantitative estimate of drug-likeness (QED) is 0.800. The van der Waals surface area contributed by atoms with Crippen LogP contribution in [-0.2, 0) is 16.1 Å². The van der Waals surface area contributed by atoms with Crippen molar-refractivity contribution in [1.29, 1.82) is 0 Å². The molecule has 0 radical (unpaired) electrons. The lowest BCUT2D eigenvalue weighted by atomic mass is 10.0. The van der Waals surface area contributed by atoms with Gasteiger partial charge in [-0.3, -0.25) is 15.0 Å². The van der Waals surface area contributed by atoms with Crippen molar-refractivity contribution in [2.24, 2.45) is 0 Å². The SMILES string of the molecule is COC(=O)C12CC(CN1)N(Cc1ccccc1)C2. The highest BCUT2D eigenvalue weighted by atomic mass is 16.5. The summed E-state index contributed by atoms with van der Waals surface area (Å²) in [6, 6.07) is 10.8. The van der Waals surface area contributed by atoms with Gasteiger partial charge in [0.2, 0.25) is 0 Å². The number of carbonyl (C=O) groups excluding carboxylic acids is 1. The zero-order chi connectivity index (χ0) is 12.6. The van der Waals surface area contributed by atoms with Crippen molar-refractivity contribution in [2.75, 3.05) is 20.2 Å². The first kappa shape index (κ1) is 11.7. The van der Waals surface area contributed by atoms with Crippen LogP contribution in [0.4, 0.5) is 0 Å². The third kappa shape index (κ3) is 1.82. The second kappa shape index (κ2) is 4.37. The number of benzene rings is 1. The summed E-state index contributed by atoms with van der Waals surface area (Å²) in [7, 11) is 1.46. The second-order valence-corrected chi connectivity index (χ2v) is 5.20. The third-order valence-electron chi connectivity index (χ3n) is 4.05. The molecule has 0 aromatic heterocycles. The van der Waals surface area contributed by atoms with Crippen LogP contribution >= 0.6 is 0 Å². The summed E-state index contributed by atoms with van der Waals surface area (Å²) < 4.78 is 4.93. The van der Waals surface area contributed by atoms with Crippen molar-refractivity contribution in [2.45, 2.75) is 24.5 Å². The van der Waals surface area contributed by atoms with Crippen LogP contribution in [0.2, 0.25) is 0 Å². The minimum Gasteiger partial charge on any atom is -0.468 e. The van der Waals surface area contributed by atoms with Crippen molar-refractivity contribution in [1.82, 2.24) is 10.2 Å². The monoisotopic (exact) mass is 246 g/mol. The first-order valence-corrected chi connectivity index (χ1v) is 6.35. The van der Waals surface area contributed by atoms with Crippen LogP contribution in [0.25, 0.3) is 0 Å². The molecule has 3 rings (SSSR count). The smallest absolute Gasteiger partial charge is 0.327 e. The number of esters is 1. The highest BCUT2D eigenvalue weighted by molar-refractivity contribution is 5.82. The normalized spacial score (nSPS) is 30.6. The molecular weight excluding hydrogens is 228 g/mol. The summed E-state index contributed by atoms with van der Waals surface area (Å²) in [4.78, 5) is 14.3. The van der Waals surface area contributed by atoms with Crippen LogP contribution in [0, 0.1) is 0 Å². The number of nitrogens with one attached hydrogen (secondary N) is 1. The number of carbonyl (C=O) groups is 1. The lowest BCUT2D eigenvalue weighted by Crippen LogP contribution is -2.56. The minimum atomic E-state index is -0.464. The van der Waals surface area contributed by atoms with Crippen LogP contribution in [0.5, 0.6) is 0 Å². The molecule has 0 saturated carbocycles. The first-order chi connectivity index (χ1) is 8.73. The largest absolute Gasteiger partial charge is 0.468 e. The topological polar surface area (TPSA) is 41.6 Å². The number of piperazine rings is 1. The van der Waals surface area contributed by atoms with E-state index in [1.165, 1.54) is 12.7 Å². The maximum atomic E-state index is 11.9. The van der Waals surface area contributed by atoms with Crippen molar-refractivity contribution in [3.8, 4) is 0 Å². The van der Waals surface area contributed by atoms with Crippen LogP contribution in [0.1, 0.15) is 12.0 Å². The van der Waals surface area contributed by atoms with E-state index in [9.17, 15) is 4.79 Å². The molecular formula is C14H18N2O2. The molecule has 2 aliphatic rings. The van der Waals surface area contributed by atoms with Gasteiger partial charge in [-0.05, 0) is 12.0 Å². The Morgan fingerprint density at radius 3 is 3.00 bits per heavy atom. The number of hydrogen-bond acceptors (Lipinski definition) is 4. The summed E-state index contributed by atoms with van der Waals surface area (Å²) in [5.41, 5.74) is 0.832. The van der Waals surface area contributed by atoms with E-state index in [4.69, 9.17) is 4.74 Å². The lowest BCUT2D eigenvalue weighted by Gasteiger charge is -2.31. The standard InChI is InChI=1S/C14H18N2O2/c1-18-13(17)14-7-12(8-15-14)16(10-14)9-11-5-3-2-4-6-11/h2-6,12,15H,7-10H2,1H3. The molecule has 1 aromatic rings. The predicted molar refractivity (Wildman–Crippen MR) is 68.0 cm³/mol. The fourth-order valence-corrected chi connectivity index (χ4v) is 3.13. The maximum absolute atomic E-state index is 11.9. The van der Waals surface area contributed by atoms with Gasteiger partial charge in [-0.15, -0.1) is 0 Å². The van der Waals surface area contributed by atoms with Crippen molar-refractivity contribution in [3.05, 3.63) is 35.9 Å². The molecule has 2 bridgehead atoms. The average molecular weight is 246 g/mol. The molecule has 0 aliphatic carbocycles. The number of rotatable bonds is 3. The van der Waals surface area contributed by atoms with E-state index in [0.717, 1.165) is 26.1 Å². The molecule has 0 amide bonds. The van der Waals surface area contributed by atoms with E-state index in [-0.39, 0.29) is 5.97 Å². The summed E-state index contributed by atoms with van der Waals surface area (Å²) in [5.74, 6) is -0.124. The Bertz CT molecular complexity index is 448. The van der Waals surface area contributed by atoms with Gasteiger partial charge >= 0.3 is 5.97 Å². The van der Waals surface area contributed by atoms with E-state index < -0.39 is 5.54 Å². The van der Waals surface area contributed by atoms with Gasteiger partial charge < -0.3 is 4.74 Å². The van der Waals surface area contributed by atoms with Crippen LogP contribution in [-0.4, -0.2) is 42.6 Å². The number of fused-ring (bicyclic) bond motifs is 2. The Morgan fingerprint density at radius 1 is 1.50 bits per heavy atom. The van der Waals surface area contributed by atoms with Gasteiger partial charge in [0.25, 0.3) is 0 Å². The van der Waals surface area contributed by atoms with Gasteiger partial charge in [-0.25, -0.2) is 0 Å². The second-order valence-electron chi connectivity index (χ2n) is 5.20. The molecule has 1 aromatic carbocycles. The summed E-state index contributed by atoms with van der Waals surface area (Å²) in [6.07, 6.45) is 0.868. The van der Waals surface area contributed by atoms with Gasteiger partial charge in [0.1, 0.15) is 5.54 Å². The molecule has 0 spiro atoms. The molecule has 2 fully saturated rings. The molecule has 2 atom stereocenters. The van der Waals surface area contributed by atoms with Gasteiger partial charge in [0.15, 0.2) is 0 Å². The third-order valence-corrected chi connectivity index (χ3v) is 4.05. The molecule has 96 valence electrons. The molecule has 4 heteroatoms. The predicted octanol–water partition coefficient (Wildman–Crippen LogP) is 0.776. The van der Waals surface area contributed by atoms with Crippen LogP contribution < -0.4 is 5.32 Å². The van der Waals surface area contributed by atoms with E-state index in [1.807, 2.05) is 6.07 Å². The summed E-state index contributed by atoms with van der Waals surface area (Å²) in [6.45, 7) is 2.53. The van der Waals surface area contributed by atoms with Gasteiger partial charge in [-0.2, -0.15) is 0 Å². The molecule has 4 nitrogen and oxygen atoms in total. The number of likely N-dealkylation sites (tertiary alicyclic amines) is 1. The fourth-order valence-electron chi connectivity index (χ4n) is 3.13. The van der Waals surface area contributed by atoms with E-state index in [0.29, 0.717) is 6.04 Å². The van der Waals surface area contributed by atoms with Gasteiger partial charge in [0, 0.05) is 25.7 Å². The molecule has 2 heterocycles. The van der Waals surface area contributed by atoms with Crippen molar-refractivity contribution >= 4 is 5.97 Å². The fraction of sp³-hybridized carbons (Fsp3) is 0.500. The Balaban J connectivity index is 1.73. The highest BCUT2D eigenvalue weighted by Crippen LogP contribution is 2.34. The number of nitrogens with zero attached hydrogens (tertiary/aromatic N) is 1. The zero-order valence-electron chi connectivity index (χ0n) is 10.6. The minimum absolute atomic E-state index is 0.124. The Labute approximate surface area is 107 Å². The molecule has 18 heavy (non-hydrogen) atoms. The first-order valence-electron chi connectivity index (χ1n) is 6.35. The zero-order valence-corrected chi connectivity index (χ0v) is 10.6. The Kier molecular flexibility index (Phi) is 2.84. The Morgan fingerprint density at radius 2 is 2.28 bits per heavy atom. The van der Waals surface area contributed by atoms with Crippen LogP contribution in [0.3, 0.4) is 0 Å². The number of ether oxygens (including phenoxy) is 1. The molecule has 2 saturated heterocycles. The van der Waals surface area contributed by atoms with E-state index >= 15 is 0 Å². The van der Waals surface area contributed by atoms with Crippen molar-refractivity contribution < 1.29 is 9.53 Å². The maximum Gasteiger partial charge on any atom is 0.327 e. The molecule has 2 unspecified atom stereocenters. The van der Waals surface area contributed by atoms with Gasteiger partial charge in [-0.1, -0.05) is 30.3 Å². The average Bonchev–Trinajstić information content (AvgIpc) is 2.98. The highest BCUT2D eigenvalue weighted by Gasteiger charge is 2.54. The number of hydrogen-bond donors (Lipinski definition) is 1. The molecule has 1 N–H and O–H groups in total. The van der Waals surface area contributed by atoms with Crippen LogP contribution in [0.15, 0.2) is 30.3 Å². The van der Waals surface area contributed by atoms with E-state index in [2.05, 4.69) is 34.5 Å². The lowest BCUT2D eigenvalue weighted by molar-refractivity contribution is -0.147. The van der Waals surface area contributed by atoms with E-state index in [1.54, 1.807) is 0 Å². The van der Waals surface area contributed by atoms with Gasteiger partial charge in [0.05, 0.1) is 7.11 Å². The van der Waals surface area contributed by atoms with Crippen molar-refractivity contribution in [3.63, 3.8) is 0 Å². The Hall–Kier alpha value is -1.39.